The second-order valence-corrected chi connectivity index (χ2v) is 5.55. The van der Waals surface area contributed by atoms with Crippen molar-refractivity contribution < 1.29 is 4.74 Å². The van der Waals surface area contributed by atoms with E-state index in [1.807, 2.05) is 25.1 Å². The van der Waals surface area contributed by atoms with Crippen molar-refractivity contribution in [1.82, 2.24) is 0 Å². The first-order chi connectivity index (χ1) is 9.02. The highest BCUT2D eigenvalue weighted by Crippen LogP contribution is 2.39. The molecule has 0 amide bonds. The third-order valence-electron chi connectivity index (χ3n) is 2.89. The van der Waals surface area contributed by atoms with E-state index < -0.39 is 5.38 Å². The Bertz CT molecular complexity index is 596. The molecule has 0 aliphatic heterocycles. The van der Waals surface area contributed by atoms with Crippen molar-refractivity contribution in [1.29, 1.82) is 0 Å². The maximum absolute atomic E-state index is 6.52. The number of rotatable bonds is 3. The van der Waals surface area contributed by atoms with Crippen molar-refractivity contribution in [2.24, 2.45) is 0 Å². The van der Waals surface area contributed by atoms with Gasteiger partial charge in [0.05, 0.1) is 12.5 Å². The molecular weight excluding hydrogens is 303 g/mol. The first kappa shape index (κ1) is 14.5. The molecule has 0 radical (unpaired) electrons. The number of aryl methyl sites for hydroxylation is 1. The minimum atomic E-state index is -0.401. The summed E-state index contributed by atoms with van der Waals surface area (Å²) < 4.78 is 5.32. The highest BCUT2D eigenvalue weighted by atomic mass is 35.5. The molecule has 2 rings (SSSR count). The quantitative estimate of drug-likeness (QED) is 0.666. The van der Waals surface area contributed by atoms with E-state index in [1.54, 1.807) is 25.3 Å². The van der Waals surface area contributed by atoms with Crippen LogP contribution in [0.3, 0.4) is 0 Å². The third kappa shape index (κ3) is 3.17. The number of hydrogen-bond donors (Lipinski definition) is 0. The number of benzene rings is 2. The third-order valence-corrected chi connectivity index (χ3v) is 3.93. The van der Waals surface area contributed by atoms with E-state index in [0.717, 1.165) is 16.7 Å². The zero-order valence-electron chi connectivity index (χ0n) is 10.6. The lowest BCUT2D eigenvalue weighted by Gasteiger charge is -2.16. The molecule has 0 N–H and O–H groups in total. The summed E-state index contributed by atoms with van der Waals surface area (Å²) in [4.78, 5) is 0. The molecule has 1 nitrogen and oxygen atoms in total. The van der Waals surface area contributed by atoms with Crippen molar-refractivity contribution in [3.8, 4) is 5.75 Å². The lowest BCUT2D eigenvalue weighted by atomic mass is 10.0. The van der Waals surface area contributed by atoms with Crippen molar-refractivity contribution in [2.45, 2.75) is 12.3 Å². The first-order valence-electron chi connectivity index (χ1n) is 5.76. The van der Waals surface area contributed by atoms with Gasteiger partial charge >= 0.3 is 0 Å². The lowest BCUT2D eigenvalue weighted by Crippen LogP contribution is -1.98. The first-order valence-corrected chi connectivity index (χ1v) is 6.95. The van der Waals surface area contributed by atoms with Gasteiger partial charge in [0.25, 0.3) is 0 Å². The summed E-state index contributed by atoms with van der Waals surface area (Å²) in [6, 6.07) is 11.2. The largest absolute Gasteiger partial charge is 0.496 e. The van der Waals surface area contributed by atoms with Gasteiger partial charge in [-0.15, -0.1) is 11.6 Å². The van der Waals surface area contributed by atoms with Crippen molar-refractivity contribution in [3.63, 3.8) is 0 Å². The van der Waals surface area contributed by atoms with Crippen LogP contribution in [-0.2, 0) is 0 Å². The molecule has 1 unspecified atom stereocenters. The van der Waals surface area contributed by atoms with E-state index in [2.05, 4.69) is 0 Å². The fourth-order valence-electron chi connectivity index (χ4n) is 1.91. The molecule has 0 saturated heterocycles. The van der Waals surface area contributed by atoms with Gasteiger partial charge in [-0.1, -0.05) is 35.3 Å². The minimum Gasteiger partial charge on any atom is -0.496 e. The normalized spacial score (nSPS) is 12.3. The molecule has 19 heavy (non-hydrogen) atoms. The van der Waals surface area contributed by atoms with Gasteiger partial charge in [0.15, 0.2) is 0 Å². The van der Waals surface area contributed by atoms with Gasteiger partial charge in [-0.05, 0) is 42.3 Å². The predicted octanol–water partition coefficient (Wildman–Crippen LogP) is 5.64. The summed E-state index contributed by atoms with van der Waals surface area (Å²) in [7, 11) is 1.60. The topological polar surface area (TPSA) is 9.23 Å². The van der Waals surface area contributed by atoms with Gasteiger partial charge in [-0.2, -0.15) is 0 Å². The summed E-state index contributed by atoms with van der Waals surface area (Å²) in [6.07, 6.45) is 0. The zero-order valence-corrected chi connectivity index (χ0v) is 12.9. The minimum absolute atomic E-state index is 0.401. The van der Waals surface area contributed by atoms with Crippen molar-refractivity contribution in [2.75, 3.05) is 7.11 Å². The van der Waals surface area contributed by atoms with E-state index in [-0.39, 0.29) is 0 Å². The molecule has 0 aliphatic carbocycles. The number of halogens is 3. The van der Waals surface area contributed by atoms with Crippen LogP contribution < -0.4 is 4.74 Å². The van der Waals surface area contributed by atoms with E-state index in [1.165, 1.54) is 0 Å². The van der Waals surface area contributed by atoms with Gasteiger partial charge in [0.1, 0.15) is 5.75 Å². The number of methoxy groups -OCH3 is 1. The molecule has 2 aromatic rings. The summed E-state index contributed by atoms with van der Waals surface area (Å²) >= 11 is 18.8. The zero-order chi connectivity index (χ0) is 14.0. The summed E-state index contributed by atoms with van der Waals surface area (Å²) in [6.45, 7) is 1.98. The van der Waals surface area contributed by atoms with Crippen molar-refractivity contribution >= 4 is 34.8 Å². The van der Waals surface area contributed by atoms with Crippen LogP contribution in [0.25, 0.3) is 0 Å². The smallest absolute Gasteiger partial charge is 0.123 e. The van der Waals surface area contributed by atoms with Gasteiger partial charge in [-0.25, -0.2) is 0 Å². The second-order valence-electron chi connectivity index (χ2n) is 4.27. The molecule has 1 atom stereocenters. The molecule has 2 aromatic carbocycles. The predicted molar refractivity (Wildman–Crippen MR) is 81.9 cm³/mol. The summed E-state index contributed by atoms with van der Waals surface area (Å²) in [5.74, 6) is 0.695. The molecule has 0 aliphatic rings. The molecule has 0 saturated carbocycles. The Hall–Kier alpha value is -0.890. The van der Waals surface area contributed by atoms with Crippen LogP contribution in [0.15, 0.2) is 36.4 Å². The fraction of sp³-hybridized carbons (Fsp3) is 0.200. The van der Waals surface area contributed by atoms with E-state index in [9.17, 15) is 0 Å². The standard InChI is InChI=1S/C15H13Cl3O/c1-9-3-5-11(13(17)7-9)15(18)12-8-10(16)4-6-14(12)19-2/h3-8,15H,1-2H3. The monoisotopic (exact) mass is 314 g/mol. The molecule has 0 heterocycles. The van der Waals surface area contributed by atoms with Crippen LogP contribution in [0, 0.1) is 6.92 Å². The lowest BCUT2D eigenvalue weighted by molar-refractivity contribution is 0.410. The van der Waals surface area contributed by atoms with Gasteiger partial charge in [-0.3, -0.25) is 0 Å². The summed E-state index contributed by atoms with van der Waals surface area (Å²) in [5.41, 5.74) is 2.74. The molecule has 0 spiro atoms. The van der Waals surface area contributed by atoms with Crippen LogP contribution in [0.2, 0.25) is 10.0 Å². The molecular formula is C15H13Cl3O. The Labute approximate surface area is 128 Å². The maximum atomic E-state index is 6.52. The Kier molecular flexibility index (Phi) is 4.62. The molecule has 0 fully saturated rings. The van der Waals surface area contributed by atoms with Crippen LogP contribution in [0.1, 0.15) is 22.1 Å². The van der Waals surface area contributed by atoms with Crippen LogP contribution in [-0.4, -0.2) is 7.11 Å². The van der Waals surface area contributed by atoms with E-state index in [0.29, 0.717) is 15.8 Å². The van der Waals surface area contributed by atoms with Crippen molar-refractivity contribution in [3.05, 3.63) is 63.1 Å². The average Bonchev–Trinajstić information content (AvgIpc) is 2.38. The summed E-state index contributed by atoms with van der Waals surface area (Å²) in [5, 5.41) is 0.855. The van der Waals surface area contributed by atoms with Crippen LogP contribution in [0.5, 0.6) is 5.75 Å². The van der Waals surface area contributed by atoms with Gasteiger partial charge in [0.2, 0.25) is 0 Å². The highest BCUT2D eigenvalue weighted by Gasteiger charge is 2.18. The highest BCUT2D eigenvalue weighted by molar-refractivity contribution is 6.33. The SMILES string of the molecule is COc1ccc(Cl)cc1C(Cl)c1ccc(C)cc1Cl. The maximum Gasteiger partial charge on any atom is 0.123 e. The Balaban J connectivity index is 2.49. The Morgan fingerprint density at radius 1 is 1.00 bits per heavy atom. The Morgan fingerprint density at radius 3 is 2.37 bits per heavy atom. The molecule has 0 aromatic heterocycles. The van der Waals surface area contributed by atoms with Crippen LogP contribution in [0.4, 0.5) is 0 Å². The van der Waals surface area contributed by atoms with Gasteiger partial charge < -0.3 is 4.74 Å². The number of hydrogen-bond acceptors (Lipinski definition) is 1. The molecule has 4 heteroatoms. The van der Waals surface area contributed by atoms with Gasteiger partial charge in [0, 0.05) is 15.6 Å². The molecule has 0 bridgehead atoms. The average molecular weight is 316 g/mol. The number of ether oxygens (including phenoxy) is 1. The molecule has 100 valence electrons. The Morgan fingerprint density at radius 2 is 1.74 bits per heavy atom. The second kappa shape index (κ2) is 6.04. The van der Waals surface area contributed by atoms with E-state index >= 15 is 0 Å². The fourth-order valence-corrected chi connectivity index (χ4v) is 2.85. The number of alkyl halides is 1. The van der Waals surface area contributed by atoms with E-state index in [4.69, 9.17) is 39.5 Å². The van der Waals surface area contributed by atoms with Crippen LogP contribution >= 0.6 is 34.8 Å².